The maximum atomic E-state index is 13.7. The van der Waals surface area contributed by atoms with Crippen LogP contribution in [0, 0.1) is 19.7 Å². The van der Waals surface area contributed by atoms with Crippen LogP contribution in [0.15, 0.2) is 18.2 Å². The minimum absolute atomic E-state index is 0.156. The first kappa shape index (κ1) is 22.9. The number of aryl methyl sites for hydroxylation is 1. The Labute approximate surface area is 191 Å². The van der Waals surface area contributed by atoms with Gasteiger partial charge in [0.1, 0.15) is 11.9 Å². The van der Waals surface area contributed by atoms with Gasteiger partial charge in [0.2, 0.25) is 0 Å². The number of Topliss-reactive ketones (excluding diaryl/α,β-unsaturated/α-hetero) is 1. The number of anilines is 1. The van der Waals surface area contributed by atoms with E-state index in [0.717, 1.165) is 31.2 Å². The van der Waals surface area contributed by atoms with Gasteiger partial charge in [-0.1, -0.05) is 12.8 Å². The van der Waals surface area contributed by atoms with Crippen LogP contribution in [0.3, 0.4) is 0 Å². The van der Waals surface area contributed by atoms with Crippen molar-refractivity contribution in [1.29, 1.82) is 0 Å². The summed E-state index contributed by atoms with van der Waals surface area (Å²) in [5.74, 6) is -0.704. The second-order valence-corrected chi connectivity index (χ2v) is 8.57. The van der Waals surface area contributed by atoms with Crippen LogP contribution in [-0.2, 0) is 14.3 Å². The number of ketones is 1. The Hall–Kier alpha value is -3.26. The third-order valence-corrected chi connectivity index (χ3v) is 6.08. The van der Waals surface area contributed by atoms with Gasteiger partial charge in [0, 0.05) is 35.6 Å². The molecular weight excluding hydrogens is 425 g/mol. The smallest absolute Gasteiger partial charge is 0.256 e. The molecule has 0 radical (unpaired) electrons. The Morgan fingerprint density at radius 2 is 1.97 bits per heavy atom. The van der Waals surface area contributed by atoms with Gasteiger partial charge in [-0.2, -0.15) is 0 Å². The highest BCUT2D eigenvalue weighted by molar-refractivity contribution is 6.34. The fraction of sp³-hybridized carbons (Fsp3) is 0.400. The fourth-order valence-electron chi connectivity index (χ4n) is 4.17. The van der Waals surface area contributed by atoms with Crippen molar-refractivity contribution in [3.63, 3.8) is 0 Å². The zero-order valence-corrected chi connectivity index (χ0v) is 18.8. The number of unbranched alkanes of at least 4 members (excludes halogenated alkanes) is 3. The molecule has 7 nitrogen and oxygen atoms in total. The molecule has 3 N–H and O–H groups in total. The van der Waals surface area contributed by atoms with E-state index in [2.05, 4.69) is 15.6 Å². The SMILES string of the molecule is Cc1[nH]c(/C=C2\C(=O)Nc3ccc(F)cc32)c(C)c1C(=O)NCCCCCCC(=O)C1CO1. The quantitative estimate of drug-likeness (QED) is 0.288. The van der Waals surface area contributed by atoms with Crippen molar-refractivity contribution >= 4 is 34.9 Å². The number of halogens is 1. The lowest BCUT2D eigenvalue weighted by atomic mass is 10.0. The van der Waals surface area contributed by atoms with Crippen LogP contribution >= 0.6 is 0 Å². The molecule has 1 aromatic heterocycles. The summed E-state index contributed by atoms with van der Waals surface area (Å²) in [5, 5.41) is 5.68. The Balaban J connectivity index is 1.33. The molecule has 174 valence electrons. The Bertz CT molecular complexity index is 1130. The topological polar surface area (TPSA) is 104 Å². The van der Waals surface area contributed by atoms with E-state index in [4.69, 9.17) is 4.74 Å². The average Bonchev–Trinajstić information content (AvgIpc) is 3.53. The number of hydrogen-bond donors (Lipinski definition) is 3. The van der Waals surface area contributed by atoms with Crippen molar-refractivity contribution in [3.05, 3.63) is 52.1 Å². The lowest BCUT2D eigenvalue weighted by Gasteiger charge is -2.06. The number of carbonyl (C=O) groups is 3. The zero-order valence-electron chi connectivity index (χ0n) is 18.8. The summed E-state index contributed by atoms with van der Waals surface area (Å²) >= 11 is 0. The van der Waals surface area contributed by atoms with Crippen molar-refractivity contribution in [2.45, 2.75) is 52.1 Å². The Morgan fingerprint density at radius 1 is 1.21 bits per heavy atom. The van der Waals surface area contributed by atoms with Gasteiger partial charge >= 0.3 is 0 Å². The number of ether oxygens (including phenoxy) is 1. The summed E-state index contributed by atoms with van der Waals surface area (Å²) in [6.45, 7) is 4.76. The average molecular weight is 454 g/mol. The molecule has 1 fully saturated rings. The number of hydrogen-bond acceptors (Lipinski definition) is 4. The van der Waals surface area contributed by atoms with Crippen molar-refractivity contribution in [1.82, 2.24) is 10.3 Å². The van der Waals surface area contributed by atoms with Crippen LogP contribution in [0.4, 0.5) is 10.1 Å². The number of amides is 2. The third kappa shape index (κ3) is 5.22. The van der Waals surface area contributed by atoms with Crippen molar-refractivity contribution in [2.24, 2.45) is 0 Å². The van der Waals surface area contributed by atoms with Crippen LogP contribution in [-0.4, -0.2) is 41.8 Å². The van der Waals surface area contributed by atoms with Gasteiger partial charge in [0.25, 0.3) is 11.8 Å². The van der Waals surface area contributed by atoms with E-state index >= 15 is 0 Å². The monoisotopic (exact) mass is 453 g/mol. The number of nitrogens with one attached hydrogen (secondary N) is 3. The molecule has 3 heterocycles. The number of benzene rings is 1. The Morgan fingerprint density at radius 3 is 2.73 bits per heavy atom. The number of epoxide rings is 1. The van der Waals surface area contributed by atoms with E-state index in [1.165, 1.54) is 18.2 Å². The maximum Gasteiger partial charge on any atom is 0.256 e. The third-order valence-electron chi connectivity index (χ3n) is 6.08. The zero-order chi connectivity index (χ0) is 23.5. The molecule has 1 aromatic carbocycles. The number of fused-ring (bicyclic) bond motifs is 1. The number of aromatic nitrogens is 1. The molecule has 4 rings (SSSR count). The van der Waals surface area contributed by atoms with Crippen LogP contribution in [0.1, 0.15) is 65.0 Å². The lowest BCUT2D eigenvalue weighted by molar-refractivity contribution is -0.120. The number of carbonyl (C=O) groups excluding carboxylic acids is 3. The van der Waals surface area contributed by atoms with Crippen LogP contribution in [0.25, 0.3) is 11.6 Å². The molecule has 2 aliphatic rings. The highest BCUT2D eigenvalue weighted by atomic mass is 19.1. The number of rotatable bonds is 10. The van der Waals surface area contributed by atoms with Gasteiger partial charge in [-0.25, -0.2) is 4.39 Å². The molecule has 33 heavy (non-hydrogen) atoms. The van der Waals surface area contributed by atoms with Gasteiger partial charge in [0.15, 0.2) is 5.78 Å². The van der Waals surface area contributed by atoms with Gasteiger partial charge in [0.05, 0.1) is 17.7 Å². The lowest BCUT2D eigenvalue weighted by Crippen LogP contribution is -2.25. The molecule has 0 bridgehead atoms. The van der Waals surface area contributed by atoms with Gasteiger partial charge in [-0.3, -0.25) is 14.4 Å². The largest absolute Gasteiger partial charge is 0.365 e. The highest BCUT2D eigenvalue weighted by Gasteiger charge is 2.30. The second-order valence-electron chi connectivity index (χ2n) is 8.57. The number of H-pyrrole nitrogens is 1. The van der Waals surface area contributed by atoms with Crippen molar-refractivity contribution in [2.75, 3.05) is 18.5 Å². The summed E-state index contributed by atoms with van der Waals surface area (Å²) in [7, 11) is 0. The van der Waals surface area contributed by atoms with Gasteiger partial charge in [-0.05, 0) is 56.5 Å². The van der Waals surface area contributed by atoms with Crippen molar-refractivity contribution in [3.8, 4) is 0 Å². The molecule has 1 saturated heterocycles. The molecular formula is C25H28FN3O4. The predicted octanol–water partition coefficient (Wildman–Crippen LogP) is 3.91. The van der Waals surface area contributed by atoms with Crippen LogP contribution < -0.4 is 10.6 Å². The van der Waals surface area contributed by atoms with Gasteiger partial charge < -0.3 is 20.4 Å². The van der Waals surface area contributed by atoms with Crippen LogP contribution in [0.2, 0.25) is 0 Å². The van der Waals surface area contributed by atoms with E-state index < -0.39 is 5.82 Å². The standard InChI is InChI=1S/C25H28FN3O4/c1-14-20(12-18-17-11-16(26)8-9-19(17)29-24(18)31)28-15(2)23(14)25(32)27-10-6-4-3-5-7-21(30)22-13-33-22/h8-9,11-12,22,28H,3-7,10,13H2,1-2H3,(H,27,32)(H,29,31)/b18-12-. The molecule has 2 aromatic rings. The summed E-state index contributed by atoms with van der Waals surface area (Å²) in [5.41, 5.74) is 4.05. The highest BCUT2D eigenvalue weighted by Crippen LogP contribution is 2.34. The van der Waals surface area contributed by atoms with Crippen molar-refractivity contribution < 1.29 is 23.5 Å². The van der Waals surface area contributed by atoms with Gasteiger partial charge in [-0.15, -0.1) is 0 Å². The van der Waals surface area contributed by atoms with E-state index in [1.807, 2.05) is 13.8 Å². The first-order valence-corrected chi connectivity index (χ1v) is 11.3. The summed E-state index contributed by atoms with van der Waals surface area (Å²) in [6.07, 6.45) is 5.63. The molecule has 0 aliphatic carbocycles. The molecule has 2 amide bonds. The van der Waals surface area contributed by atoms with E-state index in [9.17, 15) is 18.8 Å². The molecule has 2 aliphatic heterocycles. The fourth-order valence-corrected chi connectivity index (χ4v) is 4.17. The molecule has 1 atom stereocenters. The molecule has 1 unspecified atom stereocenters. The summed E-state index contributed by atoms with van der Waals surface area (Å²) < 4.78 is 18.7. The number of aromatic amines is 1. The Kier molecular flexibility index (Phi) is 6.74. The maximum absolute atomic E-state index is 13.7. The normalized spacial score (nSPS) is 17.7. The van der Waals surface area contributed by atoms with Crippen LogP contribution in [0.5, 0.6) is 0 Å². The summed E-state index contributed by atoms with van der Waals surface area (Å²) in [6, 6.07) is 4.17. The molecule has 0 spiro atoms. The first-order chi connectivity index (χ1) is 15.8. The first-order valence-electron chi connectivity index (χ1n) is 11.3. The minimum Gasteiger partial charge on any atom is -0.365 e. The minimum atomic E-state index is -0.417. The summed E-state index contributed by atoms with van der Waals surface area (Å²) in [4.78, 5) is 39.9. The predicted molar refractivity (Wildman–Crippen MR) is 123 cm³/mol. The van der Waals surface area contributed by atoms with E-state index in [1.54, 1.807) is 6.08 Å². The second kappa shape index (κ2) is 9.70. The molecule has 8 heteroatoms. The van der Waals surface area contributed by atoms with E-state index in [-0.39, 0.29) is 23.7 Å². The van der Waals surface area contributed by atoms with E-state index in [0.29, 0.717) is 53.3 Å². The molecule has 0 saturated carbocycles.